The van der Waals surface area contributed by atoms with Crippen molar-refractivity contribution in [2.75, 3.05) is 6.54 Å². The zero-order valence-electron chi connectivity index (χ0n) is 13.5. The van der Waals surface area contributed by atoms with Gasteiger partial charge in [-0.1, -0.05) is 49.9 Å². The summed E-state index contributed by atoms with van der Waals surface area (Å²) in [5, 5.41) is 4.48. The van der Waals surface area contributed by atoms with Crippen molar-refractivity contribution in [3.05, 3.63) is 34.9 Å². The molecule has 0 aromatic heterocycles. The fourth-order valence-electron chi connectivity index (χ4n) is 2.36. The summed E-state index contributed by atoms with van der Waals surface area (Å²) in [7, 11) is 0. The third kappa shape index (κ3) is 7.91. The molecule has 0 fully saturated rings. The molecule has 1 aromatic rings. The van der Waals surface area contributed by atoms with Gasteiger partial charge in [-0.3, -0.25) is 0 Å². The first-order valence-corrected chi connectivity index (χ1v) is 8.28. The standard InChI is InChI=1S/C18H30ClN/c1-5-6-7-8-16(14-20-18(2,3)4)13-15-9-11-17(19)12-10-15/h9-12,16,20H,5-8,13-14H2,1-4H3. The Kier molecular flexibility index (Phi) is 7.61. The second kappa shape index (κ2) is 8.69. The summed E-state index contributed by atoms with van der Waals surface area (Å²) in [6.07, 6.45) is 6.41. The number of nitrogens with one attached hydrogen (secondary N) is 1. The predicted octanol–water partition coefficient (Wildman–Crippen LogP) is 5.47. The van der Waals surface area contributed by atoms with E-state index in [4.69, 9.17) is 11.6 Å². The Bertz CT molecular complexity index is 364. The molecule has 20 heavy (non-hydrogen) atoms. The van der Waals surface area contributed by atoms with E-state index in [1.165, 1.54) is 31.2 Å². The van der Waals surface area contributed by atoms with Crippen LogP contribution in [0.15, 0.2) is 24.3 Å². The Labute approximate surface area is 130 Å². The minimum Gasteiger partial charge on any atom is -0.312 e. The van der Waals surface area contributed by atoms with Gasteiger partial charge in [-0.25, -0.2) is 0 Å². The number of hydrogen-bond acceptors (Lipinski definition) is 1. The van der Waals surface area contributed by atoms with Crippen molar-refractivity contribution in [1.82, 2.24) is 5.32 Å². The third-order valence-electron chi connectivity index (χ3n) is 3.57. The molecule has 0 spiro atoms. The second-order valence-electron chi connectivity index (χ2n) is 6.82. The van der Waals surface area contributed by atoms with Crippen LogP contribution < -0.4 is 5.32 Å². The molecule has 0 saturated heterocycles. The van der Waals surface area contributed by atoms with Crippen LogP contribution in [0, 0.1) is 5.92 Å². The Morgan fingerprint density at radius 2 is 1.75 bits per heavy atom. The first-order chi connectivity index (χ1) is 9.40. The van der Waals surface area contributed by atoms with Crippen molar-refractivity contribution in [3.8, 4) is 0 Å². The molecule has 0 aliphatic heterocycles. The van der Waals surface area contributed by atoms with Gasteiger partial charge in [-0.15, -0.1) is 0 Å². The molecule has 0 aliphatic rings. The van der Waals surface area contributed by atoms with Crippen LogP contribution >= 0.6 is 11.6 Å². The van der Waals surface area contributed by atoms with E-state index in [0.717, 1.165) is 18.0 Å². The van der Waals surface area contributed by atoms with E-state index in [1.54, 1.807) is 0 Å². The van der Waals surface area contributed by atoms with Gasteiger partial charge in [0, 0.05) is 10.6 Å². The van der Waals surface area contributed by atoms with Gasteiger partial charge < -0.3 is 5.32 Å². The minimum atomic E-state index is 0.197. The molecule has 0 bridgehead atoms. The van der Waals surface area contributed by atoms with E-state index in [1.807, 2.05) is 12.1 Å². The Balaban J connectivity index is 2.54. The summed E-state index contributed by atoms with van der Waals surface area (Å²) in [4.78, 5) is 0. The van der Waals surface area contributed by atoms with Gasteiger partial charge in [0.05, 0.1) is 0 Å². The van der Waals surface area contributed by atoms with Crippen LogP contribution in [0.5, 0.6) is 0 Å². The van der Waals surface area contributed by atoms with Gasteiger partial charge in [-0.05, 0) is 63.8 Å². The van der Waals surface area contributed by atoms with Crippen molar-refractivity contribution in [2.45, 2.75) is 65.3 Å². The van der Waals surface area contributed by atoms with E-state index >= 15 is 0 Å². The van der Waals surface area contributed by atoms with Crippen molar-refractivity contribution in [3.63, 3.8) is 0 Å². The maximum absolute atomic E-state index is 5.96. The number of rotatable bonds is 8. The summed E-state index contributed by atoms with van der Waals surface area (Å²) in [6.45, 7) is 10.1. The maximum atomic E-state index is 5.96. The molecule has 114 valence electrons. The molecule has 0 radical (unpaired) electrons. The van der Waals surface area contributed by atoms with Crippen LogP contribution in [0.3, 0.4) is 0 Å². The van der Waals surface area contributed by atoms with E-state index in [0.29, 0.717) is 5.92 Å². The quantitative estimate of drug-likeness (QED) is 0.627. The smallest absolute Gasteiger partial charge is 0.0406 e. The lowest BCUT2D eigenvalue weighted by Gasteiger charge is -2.25. The van der Waals surface area contributed by atoms with Crippen LogP contribution in [0.4, 0.5) is 0 Å². The lowest BCUT2D eigenvalue weighted by Crippen LogP contribution is -2.39. The molecule has 1 atom stereocenters. The summed E-state index contributed by atoms with van der Waals surface area (Å²) in [5.74, 6) is 0.710. The molecule has 1 N–H and O–H groups in total. The topological polar surface area (TPSA) is 12.0 Å². The average molecular weight is 296 g/mol. The highest BCUT2D eigenvalue weighted by Gasteiger charge is 2.14. The highest BCUT2D eigenvalue weighted by molar-refractivity contribution is 6.30. The van der Waals surface area contributed by atoms with Gasteiger partial charge in [0.25, 0.3) is 0 Å². The number of hydrogen-bond donors (Lipinski definition) is 1. The van der Waals surface area contributed by atoms with Crippen molar-refractivity contribution in [1.29, 1.82) is 0 Å². The normalized spacial score (nSPS) is 13.4. The molecule has 1 aromatic carbocycles. The number of halogens is 1. The molecular weight excluding hydrogens is 266 g/mol. The minimum absolute atomic E-state index is 0.197. The summed E-state index contributed by atoms with van der Waals surface area (Å²) < 4.78 is 0. The molecule has 1 rings (SSSR count). The molecule has 0 heterocycles. The molecular formula is C18H30ClN. The van der Waals surface area contributed by atoms with Crippen LogP contribution in [0.1, 0.15) is 58.9 Å². The average Bonchev–Trinajstić information content (AvgIpc) is 2.37. The van der Waals surface area contributed by atoms with Crippen LogP contribution in [-0.2, 0) is 6.42 Å². The van der Waals surface area contributed by atoms with Crippen LogP contribution in [0.25, 0.3) is 0 Å². The number of unbranched alkanes of at least 4 members (excludes halogenated alkanes) is 2. The van der Waals surface area contributed by atoms with E-state index in [-0.39, 0.29) is 5.54 Å². The first kappa shape index (κ1) is 17.5. The SMILES string of the molecule is CCCCCC(CNC(C)(C)C)Cc1ccc(Cl)cc1. The Morgan fingerprint density at radius 3 is 2.30 bits per heavy atom. The molecule has 1 unspecified atom stereocenters. The van der Waals surface area contributed by atoms with Crippen LogP contribution in [0.2, 0.25) is 5.02 Å². The van der Waals surface area contributed by atoms with Gasteiger partial charge in [0.1, 0.15) is 0 Å². The highest BCUT2D eigenvalue weighted by atomic mass is 35.5. The molecule has 0 amide bonds. The molecule has 0 aliphatic carbocycles. The fourth-order valence-corrected chi connectivity index (χ4v) is 2.49. The summed E-state index contributed by atoms with van der Waals surface area (Å²) >= 11 is 5.96. The van der Waals surface area contributed by atoms with Gasteiger partial charge in [0.15, 0.2) is 0 Å². The third-order valence-corrected chi connectivity index (χ3v) is 3.83. The molecule has 1 nitrogen and oxygen atoms in total. The van der Waals surface area contributed by atoms with Gasteiger partial charge in [-0.2, -0.15) is 0 Å². The first-order valence-electron chi connectivity index (χ1n) is 7.90. The van der Waals surface area contributed by atoms with E-state index in [9.17, 15) is 0 Å². The van der Waals surface area contributed by atoms with Gasteiger partial charge >= 0.3 is 0 Å². The van der Waals surface area contributed by atoms with Crippen LogP contribution in [-0.4, -0.2) is 12.1 Å². The van der Waals surface area contributed by atoms with Crippen molar-refractivity contribution < 1.29 is 0 Å². The number of benzene rings is 1. The largest absolute Gasteiger partial charge is 0.312 e. The lowest BCUT2D eigenvalue weighted by atomic mass is 9.92. The summed E-state index contributed by atoms with van der Waals surface area (Å²) in [5.41, 5.74) is 1.59. The van der Waals surface area contributed by atoms with E-state index < -0.39 is 0 Å². The van der Waals surface area contributed by atoms with E-state index in [2.05, 4.69) is 45.1 Å². The highest BCUT2D eigenvalue weighted by Crippen LogP contribution is 2.18. The summed E-state index contributed by atoms with van der Waals surface area (Å²) in [6, 6.07) is 8.31. The Hall–Kier alpha value is -0.530. The molecule has 2 heteroatoms. The van der Waals surface area contributed by atoms with Crippen molar-refractivity contribution >= 4 is 11.6 Å². The Morgan fingerprint density at radius 1 is 1.10 bits per heavy atom. The second-order valence-corrected chi connectivity index (χ2v) is 7.26. The predicted molar refractivity (Wildman–Crippen MR) is 90.5 cm³/mol. The monoisotopic (exact) mass is 295 g/mol. The van der Waals surface area contributed by atoms with Gasteiger partial charge in [0.2, 0.25) is 0 Å². The maximum Gasteiger partial charge on any atom is 0.0406 e. The lowest BCUT2D eigenvalue weighted by molar-refractivity contribution is 0.350. The van der Waals surface area contributed by atoms with Crippen molar-refractivity contribution in [2.24, 2.45) is 5.92 Å². The fraction of sp³-hybridized carbons (Fsp3) is 0.667. The zero-order chi connectivity index (χ0) is 15.0. The molecule has 0 saturated carbocycles. The zero-order valence-corrected chi connectivity index (χ0v) is 14.3.